The van der Waals surface area contributed by atoms with Crippen LogP contribution in [-0.2, 0) is 9.59 Å². The summed E-state index contributed by atoms with van der Waals surface area (Å²) < 4.78 is 14.7. The Kier molecular flexibility index (Phi) is 6.92. The van der Waals surface area contributed by atoms with E-state index < -0.39 is 11.9 Å². The number of carbonyl (C=O) groups excluding carboxylic acids is 1. The van der Waals surface area contributed by atoms with Crippen molar-refractivity contribution in [3.63, 3.8) is 0 Å². The molecular weight excluding hydrogens is 375 g/mol. The zero-order valence-electron chi connectivity index (χ0n) is 14.9. The molecule has 7 nitrogen and oxygen atoms in total. The molecule has 0 bridgehead atoms. The van der Waals surface area contributed by atoms with Crippen LogP contribution in [0.25, 0.3) is 5.69 Å². The molecule has 1 aliphatic rings. The number of nitrogens with one attached hydrogen (secondary N) is 1. The lowest BCUT2D eigenvalue weighted by molar-refractivity contribution is -0.144. The molecule has 1 aliphatic heterocycles. The molecule has 0 radical (unpaired) electrons. The predicted octanol–water partition coefficient (Wildman–Crippen LogP) is 2.48. The fraction of sp³-hybridized carbons (Fsp3) is 0.389. The fourth-order valence-corrected chi connectivity index (χ4v) is 3.15. The summed E-state index contributed by atoms with van der Waals surface area (Å²) >= 11 is 0. The second kappa shape index (κ2) is 8.96. The number of halogens is 2. The van der Waals surface area contributed by atoms with Crippen LogP contribution in [0.15, 0.2) is 30.3 Å². The molecule has 0 spiro atoms. The minimum absolute atomic E-state index is 0. The first-order chi connectivity index (χ1) is 12.4. The van der Waals surface area contributed by atoms with Gasteiger partial charge in [0.05, 0.1) is 23.8 Å². The molecule has 146 valence electrons. The van der Waals surface area contributed by atoms with Crippen molar-refractivity contribution in [1.29, 1.82) is 0 Å². The van der Waals surface area contributed by atoms with E-state index in [1.165, 1.54) is 12.1 Å². The van der Waals surface area contributed by atoms with E-state index in [1.54, 1.807) is 29.8 Å². The topological polar surface area (TPSA) is 87.5 Å². The van der Waals surface area contributed by atoms with E-state index in [-0.39, 0.29) is 30.7 Å². The molecule has 2 N–H and O–H groups in total. The normalized spacial score (nSPS) is 17.2. The highest BCUT2D eigenvalue weighted by Gasteiger charge is 2.26. The molecule has 1 atom stereocenters. The van der Waals surface area contributed by atoms with Gasteiger partial charge in [-0.1, -0.05) is 0 Å². The number of hydrogen-bond donors (Lipinski definition) is 2. The molecule has 0 aliphatic carbocycles. The zero-order chi connectivity index (χ0) is 18.7. The number of nitrogens with zero attached hydrogens (tertiary/aromatic N) is 3. The number of likely N-dealkylation sites (tertiary alicyclic amines) is 1. The number of benzene rings is 1. The van der Waals surface area contributed by atoms with Gasteiger partial charge in [-0.25, -0.2) is 9.07 Å². The largest absolute Gasteiger partial charge is 0.481 e. The van der Waals surface area contributed by atoms with E-state index in [2.05, 4.69) is 10.4 Å². The van der Waals surface area contributed by atoms with E-state index in [0.717, 1.165) is 6.42 Å². The van der Waals surface area contributed by atoms with Crippen LogP contribution in [0.5, 0.6) is 0 Å². The van der Waals surface area contributed by atoms with Gasteiger partial charge in [-0.05, 0) is 50.6 Å². The van der Waals surface area contributed by atoms with E-state index in [1.807, 2.05) is 4.90 Å². The van der Waals surface area contributed by atoms with Gasteiger partial charge in [0.1, 0.15) is 11.6 Å². The van der Waals surface area contributed by atoms with Gasteiger partial charge in [0.2, 0.25) is 5.91 Å². The van der Waals surface area contributed by atoms with Crippen molar-refractivity contribution in [2.45, 2.75) is 19.8 Å². The number of aliphatic carboxylic acids is 1. The van der Waals surface area contributed by atoms with E-state index in [4.69, 9.17) is 5.11 Å². The van der Waals surface area contributed by atoms with Crippen molar-refractivity contribution in [2.75, 3.05) is 25.0 Å². The van der Waals surface area contributed by atoms with Crippen LogP contribution >= 0.6 is 12.4 Å². The average Bonchev–Trinajstić information content (AvgIpc) is 2.95. The van der Waals surface area contributed by atoms with Crippen LogP contribution in [-0.4, -0.2) is 51.3 Å². The Bertz CT molecular complexity index is 809. The van der Waals surface area contributed by atoms with Gasteiger partial charge >= 0.3 is 5.97 Å². The van der Waals surface area contributed by atoms with Gasteiger partial charge < -0.3 is 10.4 Å². The molecule has 1 aromatic carbocycles. The molecule has 3 rings (SSSR count). The minimum atomic E-state index is -0.819. The molecule has 9 heteroatoms. The van der Waals surface area contributed by atoms with Crippen molar-refractivity contribution in [2.24, 2.45) is 5.92 Å². The first-order valence-electron chi connectivity index (χ1n) is 8.50. The van der Waals surface area contributed by atoms with Crippen molar-refractivity contribution in [1.82, 2.24) is 14.7 Å². The van der Waals surface area contributed by atoms with E-state index in [0.29, 0.717) is 36.7 Å². The third-order valence-electron chi connectivity index (χ3n) is 4.39. The van der Waals surface area contributed by atoms with Crippen molar-refractivity contribution in [3.05, 3.63) is 41.8 Å². The second-order valence-electron chi connectivity index (χ2n) is 6.52. The third kappa shape index (κ3) is 5.27. The minimum Gasteiger partial charge on any atom is -0.481 e. The summed E-state index contributed by atoms with van der Waals surface area (Å²) in [5, 5.41) is 16.3. The fourth-order valence-electron chi connectivity index (χ4n) is 3.15. The lowest BCUT2D eigenvalue weighted by Gasteiger charge is -2.29. The monoisotopic (exact) mass is 396 g/mol. The number of piperidine rings is 1. The maximum Gasteiger partial charge on any atom is 0.307 e. The lowest BCUT2D eigenvalue weighted by atomic mass is 9.98. The molecule has 1 aromatic heterocycles. The molecule has 1 amide bonds. The summed E-state index contributed by atoms with van der Waals surface area (Å²) in [4.78, 5) is 25.4. The Labute approximate surface area is 162 Å². The Morgan fingerprint density at radius 3 is 2.70 bits per heavy atom. The summed E-state index contributed by atoms with van der Waals surface area (Å²) in [5.41, 5.74) is 1.35. The highest BCUT2D eigenvalue weighted by atomic mass is 35.5. The summed E-state index contributed by atoms with van der Waals surface area (Å²) in [5.74, 6) is -1.34. The van der Waals surface area contributed by atoms with Crippen LogP contribution in [0, 0.1) is 18.7 Å². The van der Waals surface area contributed by atoms with Gasteiger partial charge in [-0.2, -0.15) is 5.10 Å². The van der Waals surface area contributed by atoms with Crippen LogP contribution in [0.4, 0.5) is 10.2 Å². The van der Waals surface area contributed by atoms with Crippen molar-refractivity contribution >= 4 is 30.1 Å². The maximum absolute atomic E-state index is 13.1. The highest BCUT2D eigenvalue weighted by molar-refractivity contribution is 5.91. The number of rotatable bonds is 5. The molecular formula is C18H22ClFN4O3. The summed E-state index contributed by atoms with van der Waals surface area (Å²) in [7, 11) is 0. The van der Waals surface area contributed by atoms with E-state index in [9.17, 15) is 14.0 Å². The number of carboxylic acids is 1. The zero-order valence-corrected chi connectivity index (χ0v) is 15.7. The van der Waals surface area contributed by atoms with E-state index >= 15 is 0 Å². The van der Waals surface area contributed by atoms with Crippen molar-refractivity contribution in [3.8, 4) is 5.69 Å². The number of amides is 1. The SMILES string of the molecule is Cc1cc(NC(=O)CN2CCCC(C(=O)O)C2)n(-c2ccc(F)cc2)n1.Cl. The Morgan fingerprint density at radius 1 is 1.33 bits per heavy atom. The Hall–Kier alpha value is -2.45. The smallest absolute Gasteiger partial charge is 0.307 e. The van der Waals surface area contributed by atoms with Crippen LogP contribution in [0.3, 0.4) is 0 Å². The number of aryl methyl sites for hydroxylation is 1. The predicted molar refractivity (Wildman–Crippen MR) is 101 cm³/mol. The quantitative estimate of drug-likeness (QED) is 0.810. The van der Waals surface area contributed by atoms with Crippen LogP contribution < -0.4 is 5.32 Å². The van der Waals surface area contributed by atoms with Gasteiger partial charge in [-0.15, -0.1) is 12.4 Å². The summed E-state index contributed by atoms with van der Waals surface area (Å²) in [6, 6.07) is 7.56. The number of anilines is 1. The standard InChI is InChI=1S/C18H21FN4O3.ClH/c1-12-9-16(23(21-12)15-6-4-14(19)5-7-15)20-17(24)11-22-8-2-3-13(10-22)18(25)26;/h4-7,9,13H,2-3,8,10-11H2,1H3,(H,20,24)(H,25,26);1H. The molecule has 27 heavy (non-hydrogen) atoms. The Morgan fingerprint density at radius 2 is 2.04 bits per heavy atom. The molecule has 1 unspecified atom stereocenters. The highest BCUT2D eigenvalue weighted by Crippen LogP contribution is 2.19. The first kappa shape index (κ1) is 20.9. The molecule has 2 aromatic rings. The van der Waals surface area contributed by atoms with Gasteiger partial charge in [0, 0.05) is 12.6 Å². The summed E-state index contributed by atoms with van der Waals surface area (Å²) in [6.45, 7) is 3.00. The van der Waals surface area contributed by atoms with Gasteiger partial charge in [0.15, 0.2) is 0 Å². The van der Waals surface area contributed by atoms with Crippen molar-refractivity contribution < 1.29 is 19.1 Å². The first-order valence-corrected chi connectivity index (χ1v) is 8.50. The maximum atomic E-state index is 13.1. The van der Waals surface area contributed by atoms with Gasteiger partial charge in [-0.3, -0.25) is 14.5 Å². The lowest BCUT2D eigenvalue weighted by Crippen LogP contribution is -2.42. The van der Waals surface area contributed by atoms with Gasteiger partial charge in [0.25, 0.3) is 0 Å². The Balaban J connectivity index is 0.00000261. The third-order valence-corrected chi connectivity index (χ3v) is 4.39. The number of carboxylic acid groups (broad SMARTS) is 1. The molecule has 2 heterocycles. The van der Waals surface area contributed by atoms with Crippen LogP contribution in [0.2, 0.25) is 0 Å². The molecule has 1 saturated heterocycles. The average molecular weight is 397 g/mol. The number of hydrogen-bond acceptors (Lipinski definition) is 4. The number of aromatic nitrogens is 2. The second-order valence-corrected chi connectivity index (χ2v) is 6.52. The number of carbonyl (C=O) groups is 2. The molecule has 0 saturated carbocycles. The summed E-state index contributed by atoms with van der Waals surface area (Å²) in [6.07, 6.45) is 1.40. The van der Waals surface area contributed by atoms with Crippen LogP contribution in [0.1, 0.15) is 18.5 Å². The molecule has 1 fully saturated rings.